The fourth-order valence-electron chi connectivity index (χ4n) is 1.98. The van der Waals surface area contributed by atoms with Gasteiger partial charge < -0.3 is 10.2 Å². The lowest BCUT2D eigenvalue weighted by Gasteiger charge is -2.14. The van der Waals surface area contributed by atoms with Crippen molar-refractivity contribution in [3.8, 4) is 11.8 Å². The molecule has 4 nitrogen and oxygen atoms in total. The molecule has 1 N–H and O–H groups in total. The summed E-state index contributed by atoms with van der Waals surface area (Å²) in [4.78, 5) is 0. The van der Waals surface area contributed by atoms with E-state index in [4.69, 9.17) is 10.00 Å². The van der Waals surface area contributed by atoms with Gasteiger partial charge in [-0.2, -0.15) is 5.26 Å². The molecule has 98 valence electrons. The Morgan fingerprint density at radius 3 is 2.53 bits per heavy atom. The molecule has 19 heavy (non-hydrogen) atoms. The monoisotopic (exact) mass is 255 g/mol. The first-order chi connectivity index (χ1) is 9.22. The molecule has 0 aliphatic carbocycles. The molecular formula is C15H17N3O. The number of nitrogens with one attached hydrogen (secondary N) is 1. The number of rotatable bonds is 5. The summed E-state index contributed by atoms with van der Waals surface area (Å²) >= 11 is 0. The number of nitriles is 1. The van der Waals surface area contributed by atoms with Crippen LogP contribution in [-0.4, -0.2) is 11.3 Å². The molecule has 0 unspecified atom stereocenters. The van der Waals surface area contributed by atoms with Crippen molar-refractivity contribution in [2.75, 3.05) is 12.0 Å². The van der Waals surface area contributed by atoms with E-state index in [0.717, 1.165) is 22.7 Å². The zero-order valence-corrected chi connectivity index (χ0v) is 11.2. The molecule has 1 aromatic carbocycles. The van der Waals surface area contributed by atoms with Crippen LogP contribution in [0.2, 0.25) is 0 Å². The Bertz CT molecular complexity index is 576. The quantitative estimate of drug-likeness (QED) is 0.893. The highest BCUT2D eigenvalue weighted by atomic mass is 16.5. The van der Waals surface area contributed by atoms with Gasteiger partial charge in [-0.3, -0.25) is 4.68 Å². The highest BCUT2D eigenvalue weighted by Crippen LogP contribution is 2.18. The second kappa shape index (κ2) is 5.96. The van der Waals surface area contributed by atoms with Gasteiger partial charge in [-0.15, -0.1) is 0 Å². The molecule has 2 rings (SSSR count). The summed E-state index contributed by atoms with van der Waals surface area (Å²) in [5.74, 6) is 0.749. The van der Waals surface area contributed by atoms with Crippen LogP contribution >= 0.6 is 0 Å². The number of para-hydroxylation sites is 1. The van der Waals surface area contributed by atoms with Crippen molar-refractivity contribution in [1.29, 1.82) is 5.26 Å². The molecule has 0 bridgehead atoms. The van der Waals surface area contributed by atoms with Crippen LogP contribution in [0, 0.1) is 25.2 Å². The lowest BCUT2D eigenvalue weighted by Crippen LogP contribution is -2.17. The Balaban J connectivity index is 2.09. The third-order valence-electron chi connectivity index (χ3n) is 2.96. The van der Waals surface area contributed by atoms with Gasteiger partial charge in [0.25, 0.3) is 0 Å². The minimum atomic E-state index is 0.0680. The molecule has 0 aliphatic rings. The van der Waals surface area contributed by atoms with E-state index in [1.807, 2.05) is 35.0 Å². The Labute approximate surface area is 113 Å². The zero-order chi connectivity index (χ0) is 13.7. The van der Waals surface area contributed by atoms with Gasteiger partial charge in [0.15, 0.2) is 6.61 Å². The predicted molar refractivity (Wildman–Crippen MR) is 74.5 cm³/mol. The van der Waals surface area contributed by atoms with Gasteiger partial charge >= 0.3 is 0 Å². The number of hydrogen-bond donors (Lipinski definition) is 1. The van der Waals surface area contributed by atoms with E-state index in [9.17, 15) is 0 Å². The summed E-state index contributed by atoms with van der Waals surface area (Å²) in [7, 11) is 0. The maximum Gasteiger partial charge on any atom is 0.174 e. The predicted octanol–water partition coefficient (Wildman–Crippen LogP) is 2.75. The van der Waals surface area contributed by atoms with Crippen LogP contribution in [0.4, 0.5) is 0 Å². The van der Waals surface area contributed by atoms with Crippen LogP contribution in [0.5, 0.6) is 5.75 Å². The van der Waals surface area contributed by atoms with Crippen molar-refractivity contribution in [3.05, 3.63) is 53.3 Å². The molecule has 1 heterocycles. The molecule has 0 saturated carbocycles. The highest BCUT2D eigenvalue weighted by molar-refractivity contribution is 5.34. The molecule has 0 aliphatic heterocycles. The Hall–Kier alpha value is -2.41. The molecule has 0 fully saturated rings. The third kappa shape index (κ3) is 3.08. The normalized spacial score (nSPS) is 9.95. The fourth-order valence-corrected chi connectivity index (χ4v) is 1.98. The Morgan fingerprint density at radius 2 is 1.84 bits per heavy atom. The smallest absolute Gasteiger partial charge is 0.174 e. The van der Waals surface area contributed by atoms with Gasteiger partial charge in [0, 0.05) is 17.0 Å². The Kier molecular flexibility index (Phi) is 4.09. The summed E-state index contributed by atoms with van der Waals surface area (Å²) in [5.41, 5.74) is 6.70. The van der Waals surface area contributed by atoms with Gasteiger partial charge in [-0.1, -0.05) is 18.2 Å². The second-order valence-corrected chi connectivity index (χ2v) is 4.34. The number of ether oxygens (including phenoxy) is 1. The van der Waals surface area contributed by atoms with Crippen LogP contribution in [0.25, 0.3) is 0 Å². The number of aromatic nitrogens is 1. The maximum absolute atomic E-state index is 8.58. The van der Waals surface area contributed by atoms with Gasteiger partial charge in [-0.25, -0.2) is 0 Å². The van der Waals surface area contributed by atoms with Crippen molar-refractivity contribution < 1.29 is 4.74 Å². The van der Waals surface area contributed by atoms with Crippen LogP contribution in [0.1, 0.15) is 17.0 Å². The van der Waals surface area contributed by atoms with Crippen molar-refractivity contribution in [3.63, 3.8) is 0 Å². The molecule has 0 spiro atoms. The molecule has 0 amide bonds. The average molecular weight is 255 g/mol. The number of nitrogens with zero attached hydrogens (tertiary/aromatic N) is 2. The van der Waals surface area contributed by atoms with E-state index in [1.165, 1.54) is 0 Å². The maximum atomic E-state index is 8.58. The highest BCUT2D eigenvalue weighted by Gasteiger charge is 2.04. The van der Waals surface area contributed by atoms with Crippen LogP contribution in [0.15, 0.2) is 36.4 Å². The van der Waals surface area contributed by atoms with Gasteiger partial charge in [0.05, 0.1) is 6.54 Å². The number of aryl methyl sites for hydroxylation is 2. The molecular weight excluding hydrogens is 238 g/mol. The summed E-state index contributed by atoms with van der Waals surface area (Å²) in [5, 5.41) is 8.58. The van der Waals surface area contributed by atoms with E-state index < -0.39 is 0 Å². The van der Waals surface area contributed by atoms with E-state index in [-0.39, 0.29) is 6.61 Å². The number of hydrogen-bond acceptors (Lipinski definition) is 3. The van der Waals surface area contributed by atoms with Gasteiger partial charge in [0.2, 0.25) is 0 Å². The van der Waals surface area contributed by atoms with Gasteiger partial charge in [-0.05, 0) is 32.0 Å². The minimum absolute atomic E-state index is 0.0680. The summed E-state index contributed by atoms with van der Waals surface area (Å²) in [6.45, 7) is 4.83. The van der Waals surface area contributed by atoms with E-state index in [1.54, 1.807) is 0 Å². The topological polar surface area (TPSA) is 50.0 Å². The van der Waals surface area contributed by atoms with Crippen LogP contribution in [0.3, 0.4) is 0 Å². The summed E-state index contributed by atoms with van der Waals surface area (Å²) < 4.78 is 7.45. The molecule has 0 saturated heterocycles. The molecule has 0 atom stereocenters. The SMILES string of the molecule is Cc1ccc(C)n1NCc1ccccc1OCC#N. The first-order valence-corrected chi connectivity index (χ1v) is 6.19. The molecule has 0 radical (unpaired) electrons. The first-order valence-electron chi connectivity index (χ1n) is 6.19. The third-order valence-corrected chi connectivity index (χ3v) is 2.96. The van der Waals surface area contributed by atoms with Crippen molar-refractivity contribution >= 4 is 0 Å². The van der Waals surface area contributed by atoms with Crippen molar-refractivity contribution in [2.45, 2.75) is 20.4 Å². The lowest BCUT2D eigenvalue weighted by molar-refractivity contribution is 0.364. The summed E-state index contributed by atoms with van der Waals surface area (Å²) in [6.07, 6.45) is 0. The van der Waals surface area contributed by atoms with Crippen molar-refractivity contribution in [2.24, 2.45) is 0 Å². The number of benzene rings is 1. The van der Waals surface area contributed by atoms with E-state index >= 15 is 0 Å². The van der Waals surface area contributed by atoms with Crippen LogP contribution < -0.4 is 10.2 Å². The minimum Gasteiger partial charge on any atom is -0.478 e. The van der Waals surface area contributed by atoms with Crippen LogP contribution in [-0.2, 0) is 6.54 Å². The molecule has 2 aromatic rings. The largest absolute Gasteiger partial charge is 0.478 e. The zero-order valence-electron chi connectivity index (χ0n) is 11.2. The van der Waals surface area contributed by atoms with Gasteiger partial charge in [0.1, 0.15) is 11.8 Å². The van der Waals surface area contributed by atoms with E-state index in [0.29, 0.717) is 6.54 Å². The lowest BCUT2D eigenvalue weighted by atomic mass is 10.2. The second-order valence-electron chi connectivity index (χ2n) is 4.34. The molecule has 4 heteroatoms. The average Bonchev–Trinajstić information content (AvgIpc) is 2.74. The Morgan fingerprint density at radius 1 is 1.16 bits per heavy atom. The molecule has 1 aromatic heterocycles. The van der Waals surface area contributed by atoms with Crippen molar-refractivity contribution in [1.82, 2.24) is 4.68 Å². The summed E-state index contributed by atoms with van der Waals surface area (Å²) in [6, 6.07) is 13.9. The standard InChI is InChI=1S/C15H17N3O/c1-12-7-8-13(2)18(12)17-11-14-5-3-4-6-15(14)19-10-9-16/h3-8,17H,10-11H2,1-2H3. The van der Waals surface area contributed by atoms with E-state index in [2.05, 4.69) is 31.4 Å². The fraction of sp³-hybridized carbons (Fsp3) is 0.267. The first kappa shape index (κ1) is 13.0.